The number of anilines is 1. The summed E-state index contributed by atoms with van der Waals surface area (Å²) in [5.41, 5.74) is 0.613. The Morgan fingerprint density at radius 1 is 1.40 bits per heavy atom. The quantitative estimate of drug-likeness (QED) is 0.859. The summed E-state index contributed by atoms with van der Waals surface area (Å²) in [5, 5.41) is 12.6. The van der Waals surface area contributed by atoms with Crippen molar-refractivity contribution in [2.24, 2.45) is 0 Å². The van der Waals surface area contributed by atoms with Crippen LogP contribution in [-0.4, -0.2) is 17.1 Å². The Kier molecular flexibility index (Phi) is 4.24. The first-order chi connectivity index (χ1) is 7.02. The van der Waals surface area contributed by atoms with Gasteiger partial charge in [-0.2, -0.15) is 0 Å². The highest BCUT2D eigenvalue weighted by atomic mass is 35.5. The number of halogens is 2. The summed E-state index contributed by atoms with van der Waals surface area (Å²) in [7, 11) is 0. The third-order valence-corrected chi connectivity index (χ3v) is 2.35. The van der Waals surface area contributed by atoms with Crippen molar-refractivity contribution in [2.75, 3.05) is 5.32 Å². The van der Waals surface area contributed by atoms with Gasteiger partial charge in [0.25, 0.3) is 0 Å². The highest BCUT2D eigenvalue weighted by molar-refractivity contribution is 6.35. The van der Waals surface area contributed by atoms with Crippen LogP contribution in [0.25, 0.3) is 0 Å². The average Bonchev–Trinajstić information content (AvgIpc) is 2.12. The van der Waals surface area contributed by atoms with Crippen LogP contribution in [0.1, 0.15) is 13.3 Å². The lowest BCUT2D eigenvalue weighted by Gasteiger charge is -2.14. The monoisotopic (exact) mass is 247 g/mol. The molecule has 1 aromatic rings. The summed E-state index contributed by atoms with van der Waals surface area (Å²) in [6.45, 7) is 1.79. The first-order valence-corrected chi connectivity index (χ1v) is 5.24. The van der Waals surface area contributed by atoms with Gasteiger partial charge in [-0.05, 0) is 24.6 Å². The number of aliphatic carboxylic acids is 1. The highest BCUT2D eigenvalue weighted by Gasteiger charge is 2.14. The molecule has 1 aromatic carbocycles. The van der Waals surface area contributed by atoms with Crippen molar-refractivity contribution in [3.05, 3.63) is 28.2 Å². The molecule has 0 heterocycles. The van der Waals surface area contributed by atoms with Crippen LogP contribution >= 0.6 is 23.2 Å². The van der Waals surface area contributed by atoms with Gasteiger partial charge < -0.3 is 10.4 Å². The van der Waals surface area contributed by atoms with Gasteiger partial charge >= 0.3 is 5.97 Å². The van der Waals surface area contributed by atoms with Crippen LogP contribution in [0, 0.1) is 0 Å². The Bertz CT molecular complexity index is 348. The summed E-state index contributed by atoms with van der Waals surface area (Å²) in [5.74, 6) is -0.895. The number of carboxylic acid groups (broad SMARTS) is 1. The van der Waals surface area contributed by atoms with Crippen molar-refractivity contribution in [3.63, 3.8) is 0 Å². The van der Waals surface area contributed by atoms with E-state index in [2.05, 4.69) is 5.32 Å². The van der Waals surface area contributed by atoms with Crippen LogP contribution in [0.2, 0.25) is 10.0 Å². The van der Waals surface area contributed by atoms with E-state index in [4.69, 9.17) is 28.3 Å². The van der Waals surface area contributed by atoms with E-state index in [0.29, 0.717) is 22.2 Å². The van der Waals surface area contributed by atoms with Crippen molar-refractivity contribution in [3.8, 4) is 0 Å². The van der Waals surface area contributed by atoms with Crippen molar-refractivity contribution in [1.29, 1.82) is 0 Å². The van der Waals surface area contributed by atoms with Crippen LogP contribution in [0.3, 0.4) is 0 Å². The summed E-state index contributed by atoms with van der Waals surface area (Å²) < 4.78 is 0. The van der Waals surface area contributed by atoms with E-state index in [-0.39, 0.29) is 0 Å². The molecule has 0 aliphatic heterocycles. The zero-order valence-electron chi connectivity index (χ0n) is 8.13. The third kappa shape index (κ3) is 3.61. The zero-order valence-corrected chi connectivity index (χ0v) is 9.64. The van der Waals surface area contributed by atoms with Gasteiger partial charge in [0.05, 0.1) is 0 Å². The van der Waals surface area contributed by atoms with Gasteiger partial charge in [-0.3, -0.25) is 0 Å². The fourth-order valence-corrected chi connectivity index (χ4v) is 1.70. The Labute approximate surface area is 98.0 Å². The van der Waals surface area contributed by atoms with E-state index >= 15 is 0 Å². The maximum Gasteiger partial charge on any atom is 0.326 e. The number of carbonyl (C=O) groups is 1. The third-order valence-electron chi connectivity index (χ3n) is 1.91. The van der Waals surface area contributed by atoms with Gasteiger partial charge in [-0.25, -0.2) is 4.79 Å². The van der Waals surface area contributed by atoms with Crippen molar-refractivity contribution < 1.29 is 9.90 Å². The molecule has 3 nitrogen and oxygen atoms in total. The topological polar surface area (TPSA) is 49.3 Å². The SMILES string of the molecule is CCC(Nc1cc(Cl)cc(Cl)c1)C(=O)O. The normalized spacial score (nSPS) is 12.2. The van der Waals surface area contributed by atoms with E-state index in [1.54, 1.807) is 25.1 Å². The molecule has 1 rings (SSSR count). The van der Waals surface area contributed by atoms with Gasteiger partial charge in [-0.1, -0.05) is 30.1 Å². The molecule has 1 unspecified atom stereocenters. The molecule has 0 fully saturated rings. The van der Waals surface area contributed by atoms with Gasteiger partial charge in [0, 0.05) is 15.7 Å². The van der Waals surface area contributed by atoms with Gasteiger partial charge in [-0.15, -0.1) is 0 Å². The second kappa shape index (κ2) is 5.24. The average molecular weight is 248 g/mol. The number of rotatable bonds is 4. The molecule has 15 heavy (non-hydrogen) atoms. The molecular formula is C10H11Cl2NO2. The molecule has 0 saturated heterocycles. The summed E-state index contributed by atoms with van der Waals surface area (Å²) in [6, 6.07) is 4.24. The molecule has 2 N–H and O–H groups in total. The summed E-state index contributed by atoms with van der Waals surface area (Å²) in [4.78, 5) is 10.8. The van der Waals surface area contributed by atoms with Crippen molar-refractivity contribution in [1.82, 2.24) is 0 Å². The van der Waals surface area contributed by atoms with E-state index in [1.165, 1.54) is 0 Å². The van der Waals surface area contributed by atoms with Crippen LogP contribution in [0.15, 0.2) is 18.2 Å². The number of hydrogen-bond acceptors (Lipinski definition) is 2. The van der Waals surface area contributed by atoms with Gasteiger partial charge in [0.15, 0.2) is 0 Å². The zero-order chi connectivity index (χ0) is 11.4. The predicted molar refractivity (Wildman–Crippen MR) is 61.8 cm³/mol. The number of benzene rings is 1. The lowest BCUT2D eigenvalue weighted by atomic mass is 10.2. The fourth-order valence-electron chi connectivity index (χ4n) is 1.18. The summed E-state index contributed by atoms with van der Waals surface area (Å²) >= 11 is 11.6. The first-order valence-electron chi connectivity index (χ1n) is 4.48. The predicted octanol–water partition coefficient (Wildman–Crippen LogP) is 3.27. The lowest BCUT2D eigenvalue weighted by molar-refractivity contribution is -0.137. The number of hydrogen-bond donors (Lipinski definition) is 2. The molecule has 0 saturated carbocycles. The van der Waals surface area contributed by atoms with Crippen LogP contribution < -0.4 is 5.32 Å². The van der Waals surface area contributed by atoms with Crippen molar-refractivity contribution >= 4 is 34.9 Å². The molecule has 0 amide bonds. The molecule has 5 heteroatoms. The Hall–Kier alpha value is -0.930. The van der Waals surface area contributed by atoms with Crippen LogP contribution in [0.5, 0.6) is 0 Å². The Morgan fingerprint density at radius 3 is 2.33 bits per heavy atom. The number of nitrogens with one attached hydrogen (secondary N) is 1. The minimum Gasteiger partial charge on any atom is -0.480 e. The fraction of sp³-hybridized carbons (Fsp3) is 0.300. The molecule has 82 valence electrons. The Morgan fingerprint density at radius 2 is 1.93 bits per heavy atom. The molecule has 1 atom stereocenters. The number of carboxylic acids is 1. The molecular weight excluding hydrogens is 237 g/mol. The Balaban J connectivity index is 2.83. The lowest BCUT2D eigenvalue weighted by Crippen LogP contribution is -2.28. The highest BCUT2D eigenvalue weighted by Crippen LogP contribution is 2.23. The van der Waals surface area contributed by atoms with Gasteiger partial charge in [0.2, 0.25) is 0 Å². The van der Waals surface area contributed by atoms with E-state index in [1.807, 2.05) is 0 Å². The molecule has 0 radical (unpaired) electrons. The molecule has 0 aromatic heterocycles. The van der Waals surface area contributed by atoms with E-state index < -0.39 is 12.0 Å². The smallest absolute Gasteiger partial charge is 0.326 e. The molecule has 0 bridgehead atoms. The molecule has 0 aliphatic carbocycles. The molecule has 0 aliphatic rings. The first kappa shape index (κ1) is 12.1. The van der Waals surface area contributed by atoms with Gasteiger partial charge in [0.1, 0.15) is 6.04 Å². The maximum atomic E-state index is 10.8. The van der Waals surface area contributed by atoms with E-state index in [9.17, 15) is 4.79 Å². The molecule has 0 spiro atoms. The second-order valence-corrected chi connectivity index (χ2v) is 3.97. The standard InChI is InChI=1S/C10H11Cl2NO2/c1-2-9(10(14)15)13-8-4-6(11)3-7(12)5-8/h3-5,9,13H,2H2,1H3,(H,14,15). The van der Waals surface area contributed by atoms with Crippen LogP contribution in [0.4, 0.5) is 5.69 Å². The van der Waals surface area contributed by atoms with Crippen molar-refractivity contribution in [2.45, 2.75) is 19.4 Å². The minimum atomic E-state index is -0.895. The van der Waals surface area contributed by atoms with Crippen LogP contribution in [-0.2, 0) is 4.79 Å². The maximum absolute atomic E-state index is 10.8. The minimum absolute atomic E-state index is 0.477. The van der Waals surface area contributed by atoms with E-state index in [0.717, 1.165) is 0 Å². The summed E-state index contributed by atoms with van der Waals surface area (Å²) in [6.07, 6.45) is 0.486. The second-order valence-electron chi connectivity index (χ2n) is 3.10. The largest absolute Gasteiger partial charge is 0.480 e.